The molecule has 2 aromatic rings. The number of rotatable bonds is 11. The lowest BCUT2D eigenvalue weighted by atomic mass is 10.0. The first-order chi connectivity index (χ1) is 16.0. The van der Waals surface area contributed by atoms with Crippen molar-refractivity contribution in [2.24, 2.45) is 11.8 Å². The summed E-state index contributed by atoms with van der Waals surface area (Å²) in [5.74, 6) is -3.80. The highest BCUT2D eigenvalue weighted by Gasteiger charge is 2.26. The molecule has 0 aliphatic heterocycles. The average Bonchev–Trinajstić information content (AvgIpc) is 2.78. The average molecular weight is 505 g/mol. The van der Waals surface area contributed by atoms with Crippen molar-refractivity contribution in [2.75, 3.05) is 0 Å². The summed E-state index contributed by atoms with van der Waals surface area (Å²) in [6.07, 6.45) is 0. The third kappa shape index (κ3) is 7.26. The van der Waals surface area contributed by atoms with Crippen molar-refractivity contribution in [2.45, 2.75) is 49.6 Å². The Balaban J connectivity index is 2.21. The van der Waals surface area contributed by atoms with Crippen molar-refractivity contribution < 1.29 is 29.4 Å². The molecule has 0 heterocycles. The van der Waals surface area contributed by atoms with Crippen LogP contribution in [0, 0.1) is 11.8 Å². The highest BCUT2D eigenvalue weighted by molar-refractivity contribution is 8.76. The highest BCUT2D eigenvalue weighted by Crippen LogP contribution is 2.40. The van der Waals surface area contributed by atoms with Gasteiger partial charge in [-0.1, -0.05) is 73.5 Å². The fourth-order valence-electron chi connectivity index (χ4n) is 3.01. The van der Waals surface area contributed by atoms with Gasteiger partial charge < -0.3 is 20.8 Å². The molecule has 0 bridgehead atoms. The van der Waals surface area contributed by atoms with Gasteiger partial charge in [-0.15, -0.1) is 0 Å². The topological polar surface area (TPSA) is 133 Å². The molecule has 2 amide bonds. The number of carboxylic acid groups (broad SMARTS) is 2. The maximum atomic E-state index is 12.8. The summed E-state index contributed by atoms with van der Waals surface area (Å²) in [5.41, 5.74) is 0.638. The van der Waals surface area contributed by atoms with Crippen LogP contribution in [0.4, 0.5) is 0 Å². The van der Waals surface area contributed by atoms with E-state index in [9.17, 15) is 29.4 Å². The van der Waals surface area contributed by atoms with Gasteiger partial charge in [0, 0.05) is 9.79 Å². The van der Waals surface area contributed by atoms with E-state index in [0.29, 0.717) is 20.9 Å². The minimum absolute atomic E-state index is 0.290. The van der Waals surface area contributed by atoms with Crippen molar-refractivity contribution in [3.63, 3.8) is 0 Å². The molecule has 10 heteroatoms. The van der Waals surface area contributed by atoms with Crippen molar-refractivity contribution in [3.05, 3.63) is 59.7 Å². The van der Waals surface area contributed by atoms with Gasteiger partial charge in [-0.25, -0.2) is 9.59 Å². The largest absolute Gasteiger partial charge is 0.480 e. The van der Waals surface area contributed by atoms with E-state index in [1.54, 1.807) is 76.2 Å². The Morgan fingerprint density at radius 1 is 0.647 bits per heavy atom. The zero-order chi connectivity index (χ0) is 25.4. The maximum Gasteiger partial charge on any atom is 0.326 e. The van der Waals surface area contributed by atoms with Crippen LogP contribution in [0.3, 0.4) is 0 Å². The molecule has 0 saturated heterocycles. The number of carbonyl (C=O) groups is 4. The Morgan fingerprint density at radius 2 is 0.971 bits per heavy atom. The fourth-order valence-corrected chi connectivity index (χ4v) is 5.37. The lowest BCUT2D eigenvalue weighted by Gasteiger charge is -2.19. The van der Waals surface area contributed by atoms with Crippen LogP contribution in [0.15, 0.2) is 58.3 Å². The van der Waals surface area contributed by atoms with Gasteiger partial charge in [0.15, 0.2) is 0 Å². The van der Waals surface area contributed by atoms with Gasteiger partial charge in [-0.3, -0.25) is 9.59 Å². The van der Waals surface area contributed by atoms with Crippen LogP contribution >= 0.6 is 21.6 Å². The first-order valence-corrected chi connectivity index (χ1v) is 12.8. The van der Waals surface area contributed by atoms with E-state index in [1.807, 2.05) is 0 Å². The lowest BCUT2D eigenvalue weighted by Crippen LogP contribution is -2.44. The normalized spacial score (nSPS) is 12.8. The Kier molecular flexibility index (Phi) is 10.0. The summed E-state index contributed by atoms with van der Waals surface area (Å²) >= 11 is 0. The van der Waals surface area contributed by atoms with Gasteiger partial charge in [0.05, 0.1) is 11.1 Å². The highest BCUT2D eigenvalue weighted by atomic mass is 33.1. The van der Waals surface area contributed by atoms with Crippen LogP contribution in [0.1, 0.15) is 48.4 Å². The Bertz CT molecular complexity index is 974. The molecular weight excluding hydrogens is 476 g/mol. The summed E-state index contributed by atoms with van der Waals surface area (Å²) in [6.45, 7) is 6.86. The molecule has 0 aliphatic rings. The van der Waals surface area contributed by atoms with Gasteiger partial charge >= 0.3 is 11.9 Å². The summed E-state index contributed by atoms with van der Waals surface area (Å²) < 4.78 is 0. The maximum absolute atomic E-state index is 12.8. The van der Waals surface area contributed by atoms with Crippen molar-refractivity contribution >= 4 is 45.3 Å². The minimum atomic E-state index is -1.11. The van der Waals surface area contributed by atoms with E-state index < -0.39 is 35.8 Å². The molecule has 0 fully saturated rings. The number of amides is 2. The van der Waals surface area contributed by atoms with Crippen molar-refractivity contribution in [1.82, 2.24) is 10.6 Å². The quantitative estimate of drug-likeness (QED) is 0.335. The van der Waals surface area contributed by atoms with E-state index in [0.717, 1.165) is 0 Å². The second-order valence-corrected chi connectivity index (χ2v) is 10.4. The number of nitrogens with one attached hydrogen (secondary N) is 2. The first kappa shape index (κ1) is 27.3. The summed E-state index contributed by atoms with van der Waals surface area (Å²) in [4.78, 5) is 49.7. The number of hydrogen-bond acceptors (Lipinski definition) is 6. The van der Waals surface area contributed by atoms with Gasteiger partial charge in [0.2, 0.25) is 0 Å². The van der Waals surface area contributed by atoms with Crippen LogP contribution in [-0.4, -0.2) is 46.0 Å². The summed E-state index contributed by atoms with van der Waals surface area (Å²) in [7, 11) is 2.50. The van der Waals surface area contributed by atoms with Crippen LogP contribution in [-0.2, 0) is 9.59 Å². The summed E-state index contributed by atoms with van der Waals surface area (Å²) in [6, 6.07) is 11.5. The standard InChI is InChI=1S/C24H28N2O6S2/c1-13(2)19(23(29)30)25-21(27)15-9-5-7-11-17(15)33-34-18-12-8-6-10-16(18)22(28)26-20(14(3)4)24(31)32/h5-14,19-20H,1-4H3,(H,25,27)(H,26,28)(H,29,30)(H,31,32). The van der Waals surface area contributed by atoms with E-state index in [2.05, 4.69) is 10.6 Å². The SMILES string of the molecule is CC(C)C(NC(=O)c1ccccc1SSc1ccccc1C(=O)NC(C(=O)O)C(C)C)C(=O)O. The molecule has 0 aliphatic carbocycles. The van der Waals surface area contributed by atoms with Crippen LogP contribution in [0.2, 0.25) is 0 Å². The lowest BCUT2D eigenvalue weighted by molar-refractivity contribution is -0.141. The van der Waals surface area contributed by atoms with E-state index in [1.165, 1.54) is 21.6 Å². The summed E-state index contributed by atoms with van der Waals surface area (Å²) in [5, 5.41) is 23.9. The van der Waals surface area contributed by atoms with Crippen molar-refractivity contribution in [3.8, 4) is 0 Å². The zero-order valence-electron chi connectivity index (χ0n) is 19.3. The van der Waals surface area contributed by atoms with Gasteiger partial charge in [-0.05, 0) is 36.1 Å². The Hall–Kier alpha value is -2.98. The first-order valence-electron chi connectivity index (χ1n) is 10.6. The molecule has 0 spiro atoms. The predicted octanol–water partition coefficient (Wildman–Crippen LogP) is 4.16. The molecule has 0 radical (unpaired) electrons. The van der Waals surface area contributed by atoms with Crippen LogP contribution in [0.5, 0.6) is 0 Å². The third-order valence-electron chi connectivity index (χ3n) is 4.92. The molecule has 0 aromatic heterocycles. The van der Waals surface area contributed by atoms with E-state index >= 15 is 0 Å². The molecular formula is C24H28N2O6S2. The molecule has 8 nitrogen and oxygen atoms in total. The Morgan fingerprint density at radius 3 is 1.26 bits per heavy atom. The van der Waals surface area contributed by atoms with Gasteiger partial charge in [0.1, 0.15) is 12.1 Å². The molecule has 2 rings (SSSR count). The number of benzene rings is 2. The predicted molar refractivity (Wildman–Crippen MR) is 132 cm³/mol. The smallest absolute Gasteiger partial charge is 0.326 e. The molecule has 2 unspecified atom stereocenters. The number of hydrogen-bond donors (Lipinski definition) is 4. The van der Waals surface area contributed by atoms with Crippen LogP contribution in [0.25, 0.3) is 0 Å². The number of aliphatic carboxylic acids is 2. The minimum Gasteiger partial charge on any atom is -0.480 e. The van der Waals surface area contributed by atoms with Gasteiger partial charge in [-0.2, -0.15) is 0 Å². The number of carbonyl (C=O) groups excluding carboxylic acids is 2. The van der Waals surface area contributed by atoms with E-state index in [4.69, 9.17) is 0 Å². The number of carboxylic acids is 2. The zero-order valence-corrected chi connectivity index (χ0v) is 20.9. The monoisotopic (exact) mass is 504 g/mol. The molecule has 34 heavy (non-hydrogen) atoms. The van der Waals surface area contributed by atoms with E-state index in [-0.39, 0.29) is 11.8 Å². The molecule has 182 valence electrons. The molecule has 2 atom stereocenters. The molecule has 0 saturated carbocycles. The fraction of sp³-hybridized carbons (Fsp3) is 0.333. The van der Waals surface area contributed by atoms with Crippen LogP contribution < -0.4 is 10.6 Å². The molecule has 4 N–H and O–H groups in total. The second-order valence-electron chi connectivity index (χ2n) is 8.23. The molecule has 2 aromatic carbocycles. The third-order valence-corrected chi connectivity index (χ3v) is 7.41. The van der Waals surface area contributed by atoms with Crippen molar-refractivity contribution in [1.29, 1.82) is 0 Å². The Labute approximate surface area is 206 Å². The second kappa shape index (κ2) is 12.5. The van der Waals surface area contributed by atoms with Gasteiger partial charge in [0.25, 0.3) is 11.8 Å².